The number of hydrogen-bond acceptors (Lipinski definition) is 4. The number of amides is 1. The lowest BCUT2D eigenvalue weighted by atomic mass is 10.2. The van der Waals surface area contributed by atoms with Crippen LogP contribution in [0, 0.1) is 0 Å². The monoisotopic (exact) mass is 341 g/mol. The molecule has 2 aromatic carbocycles. The van der Waals surface area contributed by atoms with E-state index in [1.807, 2.05) is 24.3 Å². The van der Waals surface area contributed by atoms with E-state index in [0.717, 1.165) is 12.2 Å². The van der Waals surface area contributed by atoms with Crippen LogP contribution in [-0.4, -0.2) is 25.6 Å². The van der Waals surface area contributed by atoms with E-state index in [-0.39, 0.29) is 5.91 Å². The van der Waals surface area contributed by atoms with Crippen molar-refractivity contribution in [1.82, 2.24) is 0 Å². The molecule has 0 heterocycles. The summed E-state index contributed by atoms with van der Waals surface area (Å²) in [5.74, 6) is 0.258. The van der Waals surface area contributed by atoms with Gasteiger partial charge in [0.05, 0.1) is 19.3 Å². The van der Waals surface area contributed by atoms with E-state index in [1.165, 1.54) is 12.7 Å². The van der Waals surface area contributed by atoms with Crippen molar-refractivity contribution in [1.29, 1.82) is 0 Å². The van der Waals surface area contributed by atoms with E-state index in [9.17, 15) is 9.59 Å². The van der Waals surface area contributed by atoms with Crippen LogP contribution in [-0.2, 0) is 16.0 Å². The topological polar surface area (TPSA) is 64.6 Å². The molecule has 0 spiro atoms. The predicted octanol–water partition coefficient (Wildman–Crippen LogP) is 3.83. The summed E-state index contributed by atoms with van der Waals surface area (Å²) < 4.78 is 10.3. The molecule has 0 saturated heterocycles. The highest BCUT2D eigenvalue weighted by Gasteiger charge is 2.08. The van der Waals surface area contributed by atoms with Gasteiger partial charge >= 0.3 is 5.97 Å². The minimum absolute atomic E-state index is 0.119. The number of anilines is 1. The van der Waals surface area contributed by atoms with Gasteiger partial charge in [0.25, 0.3) is 0 Å². The molecule has 0 aliphatic carbocycles. The van der Waals surface area contributed by atoms with Gasteiger partial charge in [0, 0.05) is 12.1 Å². The summed E-state index contributed by atoms with van der Waals surface area (Å²) in [5, 5.41) is 2.77. The molecule has 1 N–H and O–H groups in total. The SMILES string of the molecule is CCc1ccc(OCCCC(=O)Nc2cccc(C(=O)OC)c2)cc1. The number of aryl methyl sites for hydroxylation is 1. The Bertz CT molecular complexity index is 710. The van der Waals surface area contributed by atoms with E-state index in [1.54, 1.807) is 24.3 Å². The van der Waals surface area contributed by atoms with Crippen LogP contribution < -0.4 is 10.1 Å². The molecule has 5 nitrogen and oxygen atoms in total. The number of benzene rings is 2. The predicted molar refractivity (Wildman–Crippen MR) is 97.0 cm³/mol. The molecule has 0 radical (unpaired) electrons. The van der Waals surface area contributed by atoms with E-state index < -0.39 is 5.97 Å². The molecule has 0 aliphatic heterocycles. The molecule has 2 aromatic rings. The number of rotatable bonds is 8. The van der Waals surface area contributed by atoms with Crippen LogP contribution in [0.4, 0.5) is 5.69 Å². The highest BCUT2D eigenvalue weighted by atomic mass is 16.5. The summed E-state index contributed by atoms with van der Waals surface area (Å²) in [6, 6.07) is 14.6. The van der Waals surface area contributed by atoms with Gasteiger partial charge in [0.15, 0.2) is 0 Å². The second-order valence-corrected chi connectivity index (χ2v) is 5.57. The molecule has 0 fully saturated rings. The number of hydrogen-bond donors (Lipinski definition) is 1. The molecule has 0 aromatic heterocycles. The maximum atomic E-state index is 12.0. The van der Waals surface area contributed by atoms with Crippen molar-refractivity contribution in [2.45, 2.75) is 26.2 Å². The maximum absolute atomic E-state index is 12.0. The molecule has 0 saturated carbocycles. The van der Waals surface area contributed by atoms with Gasteiger partial charge in [0.2, 0.25) is 5.91 Å². The Hall–Kier alpha value is -2.82. The first-order valence-electron chi connectivity index (χ1n) is 8.32. The van der Waals surface area contributed by atoms with Crippen LogP contribution >= 0.6 is 0 Å². The van der Waals surface area contributed by atoms with Gasteiger partial charge in [-0.15, -0.1) is 0 Å². The molecule has 0 bridgehead atoms. The number of carbonyl (C=O) groups excluding carboxylic acids is 2. The third-order valence-electron chi connectivity index (χ3n) is 3.72. The summed E-state index contributed by atoms with van der Waals surface area (Å²) in [4.78, 5) is 23.5. The molecule has 0 aliphatic rings. The summed E-state index contributed by atoms with van der Waals surface area (Å²) >= 11 is 0. The van der Waals surface area contributed by atoms with Gasteiger partial charge in [-0.05, 0) is 48.7 Å². The second-order valence-electron chi connectivity index (χ2n) is 5.57. The van der Waals surface area contributed by atoms with Gasteiger partial charge in [-0.25, -0.2) is 4.79 Å². The average Bonchev–Trinajstić information content (AvgIpc) is 2.65. The number of esters is 1. The first-order valence-corrected chi connectivity index (χ1v) is 8.32. The fraction of sp³-hybridized carbons (Fsp3) is 0.300. The summed E-state index contributed by atoms with van der Waals surface area (Å²) in [5.41, 5.74) is 2.24. The van der Waals surface area contributed by atoms with Gasteiger partial charge in [-0.2, -0.15) is 0 Å². The summed E-state index contributed by atoms with van der Waals surface area (Å²) in [6.45, 7) is 2.58. The third kappa shape index (κ3) is 5.95. The smallest absolute Gasteiger partial charge is 0.337 e. The Labute approximate surface area is 148 Å². The molecule has 0 atom stereocenters. The van der Waals surface area contributed by atoms with E-state index in [0.29, 0.717) is 30.7 Å². The van der Waals surface area contributed by atoms with Crippen LogP contribution in [0.2, 0.25) is 0 Å². The standard InChI is InChI=1S/C20H23NO4/c1-3-15-9-11-18(12-10-15)25-13-5-8-19(22)21-17-7-4-6-16(14-17)20(23)24-2/h4,6-7,9-12,14H,3,5,8,13H2,1-2H3,(H,21,22). The Kier molecular flexibility index (Phi) is 7.01. The van der Waals surface area contributed by atoms with Crippen molar-refractivity contribution in [2.75, 3.05) is 19.0 Å². The Morgan fingerprint density at radius 3 is 2.52 bits per heavy atom. The summed E-state index contributed by atoms with van der Waals surface area (Å²) in [6.07, 6.45) is 1.95. The van der Waals surface area contributed by atoms with Crippen LogP contribution in [0.3, 0.4) is 0 Å². The lowest BCUT2D eigenvalue weighted by Crippen LogP contribution is -2.13. The van der Waals surface area contributed by atoms with Crippen molar-refractivity contribution in [2.24, 2.45) is 0 Å². The molecule has 25 heavy (non-hydrogen) atoms. The van der Waals surface area contributed by atoms with Crippen molar-refractivity contribution in [3.05, 3.63) is 59.7 Å². The Morgan fingerprint density at radius 2 is 1.84 bits per heavy atom. The van der Waals surface area contributed by atoms with E-state index in [2.05, 4.69) is 17.0 Å². The van der Waals surface area contributed by atoms with E-state index in [4.69, 9.17) is 4.74 Å². The molecule has 132 valence electrons. The first kappa shape index (κ1) is 18.5. The highest BCUT2D eigenvalue weighted by Crippen LogP contribution is 2.14. The molecule has 0 unspecified atom stereocenters. The van der Waals surface area contributed by atoms with Crippen molar-refractivity contribution < 1.29 is 19.1 Å². The van der Waals surface area contributed by atoms with Gasteiger partial charge < -0.3 is 14.8 Å². The largest absolute Gasteiger partial charge is 0.494 e. The number of carbonyl (C=O) groups is 2. The number of ether oxygens (including phenoxy) is 2. The molecule has 5 heteroatoms. The molecule has 1 amide bonds. The zero-order valence-corrected chi connectivity index (χ0v) is 14.6. The van der Waals surface area contributed by atoms with Crippen molar-refractivity contribution in [3.8, 4) is 5.75 Å². The van der Waals surface area contributed by atoms with Gasteiger partial charge in [-0.3, -0.25) is 4.79 Å². The highest BCUT2D eigenvalue weighted by molar-refractivity contribution is 5.94. The lowest BCUT2D eigenvalue weighted by molar-refractivity contribution is -0.116. The van der Waals surface area contributed by atoms with Crippen LogP contribution in [0.15, 0.2) is 48.5 Å². The van der Waals surface area contributed by atoms with Crippen LogP contribution in [0.1, 0.15) is 35.7 Å². The fourth-order valence-corrected chi connectivity index (χ4v) is 2.31. The minimum atomic E-state index is -0.432. The van der Waals surface area contributed by atoms with Crippen molar-refractivity contribution in [3.63, 3.8) is 0 Å². The first-order chi connectivity index (χ1) is 12.1. The Balaban J connectivity index is 1.74. The molecule has 2 rings (SSSR count). The number of nitrogens with one attached hydrogen (secondary N) is 1. The fourth-order valence-electron chi connectivity index (χ4n) is 2.31. The molecular weight excluding hydrogens is 318 g/mol. The van der Waals surface area contributed by atoms with Gasteiger partial charge in [-0.1, -0.05) is 25.1 Å². The van der Waals surface area contributed by atoms with Crippen LogP contribution in [0.25, 0.3) is 0 Å². The van der Waals surface area contributed by atoms with Crippen LogP contribution in [0.5, 0.6) is 5.75 Å². The maximum Gasteiger partial charge on any atom is 0.337 e. The average molecular weight is 341 g/mol. The quantitative estimate of drug-likeness (QED) is 0.585. The lowest BCUT2D eigenvalue weighted by Gasteiger charge is -2.08. The minimum Gasteiger partial charge on any atom is -0.494 e. The Morgan fingerprint density at radius 1 is 1.08 bits per heavy atom. The normalized spacial score (nSPS) is 10.2. The van der Waals surface area contributed by atoms with E-state index >= 15 is 0 Å². The third-order valence-corrected chi connectivity index (χ3v) is 3.72. The second kappa shape index (κ2) is 9.47. The zero-order valence-electron chi connectivity index (χ0n) is 14.6. The zero-order chi connectivity index (χ0) is 18.1. The molecular formula is C20H23NO4. The van der Waals surface area contributed by atoms with Gasteiger partial charge in [0.1, 0.15) is 5.75 Å². The number of methoxy groups -OCH3 is 1. The van der Waals surface area contributed by atoms with Crippen molar-refractivity contribution >= 4 is 17.6 Å². The summed E-state index contributed by atoms with van der Waals surface area (Å²) in [7, 11) is 1.32.